The maximum absolute atomic E-state index is 11.6. The van der Waals surface area contributed by atoms with Crippen molar-refractivity contribution in [2.24, 2.45) is 0 Å². The molecule has 3 nitrogen and oxygen atoms in total. The van der Waals surface area contributed by atoms with Gasteiger partial charge in [-0.25, -0.2) is 8.78 Å². The van der Waals surface area contributed by atoms with Crippen molar-refractivity contribution in [2.75, 3.05) is 19.8 Å². The van der Waals surface area contributed by atoms with Gasteiger partial charge < -0.3 is 10.1 Å². The summed E-state index contributed by atoms with van der Waals surface area (Å²) in [6.07, 6.45) is -2.46. The van der Waals surface area contributed by atoms with E-state index >= 15 is 0 Å². The first kappa shape index (κ1) is 13.3. The van der Waals surface area contributed by atoms with Gasteiger partial charge >= 0.3 is 0 Å². The number of carbonyl (C=O) groups is 1. The lowest BCUT2D eigenvalue weighted by atomic mass is 10.4. The van der Waals surface area contributed by atoms with Gasteiger partial charge in [-0.3, -0.25) is 4.79 Å². The van der Waals surface area contributed by atoms with E-state index in [9.17, 15) is 13.6 Å². The van der Waals surface area contributed by atoms with Gasteiger partial charge in [-0.15, -0.1) is 0 Å². The van der Waals surface area contributed by atoms with Crippen molar-refractivity contribution in [1.82, 2.24) is 5.32 Å². The summed E-state index contributed by atoms with van der Waals surface area (Å²) in [4.78, 5) is 10.9. The molecule has 0 fully saturated rings. The van der Waals surface area contributed by atoms with Gasteiger partial charge in [0.25, 0.3) is 6.43 Å². The highest BCUT2D eigenvalue weighted by atomic mass is 35.5. The Bertz CT molecular complexity index is 200. The first-order valence-corrected chi connectivity index (χ1v) is 4.36. The summed E-state index contributed by atoms with van der Waals surface area (Å²) in [7, 11) is 0. The van der Waals surface area contributed by atoms with Crippen LogP contribution in [0, 0.1) is 0 Å². The average Bonchev–Trinajstić information content (AvgIpc) is 2.08. The predicted molar refractivity (Wildman–Crippen MR) is 49.4 cm³/mol. The Hall–Kier alpha value is -0.680. The van der Waals surface area contributed by atoms with E-state index in [0.29, 0.717) is 5.03 Å². The standard InChI is InChI=1S/C8H12ClF2NO2/c1-6(9)4-12-8(13)2-3-14-5-7(10)11/h7H,1-5H2,(H,12,13). The number of alkyl halides is 2. The van der Waals surface area contributed by atoms with Gasteiger partial charge in [0.2, 0.25) is 5.91 Å². The monoisotopic (exact) mass is 227 g/mol. The molecule has 0 spiro atoms. The molecule has 6 heteroatoms. The summed E-state index contributed by atoms with van der Waals surface area (Å²) in [5.41, 5.74) is 0. The zero-order valence-corrected chi connectivity index (χ0v) is 8.32. The maximum Gasteiger partial charge on any atom is 0.261 e. The normalized spacial score (nSPS) is 10.3. The number of halogens is 3. The van der Waals surface area contributed by atoms with Crippen LogP contribution < -0.4 is 5.32 Å². The second-order valence-electron chi connectivity index (χ2n) is 2.51. The second-order valence-corrected chi connectivity index (χ2v) is 3.04. The van der Waals surface area contributed by atoms with Gasteiger partial charge in [-0.1, -0.05) is 18.2 Å². The van der Waals surface area contributed by atoms with Crippen LogP contribution in [0.2, 0.25) is 0 Å². The van der Waals surface area contributed by atoms with Crippen LogP contribution in [0.5, 0.6) is 0 Å². The Balaban J connectivity index is 3.31. The minimum absolute atomic E-state index is 0.0229. The fraction of sp³-hybridized carbons (Fsp3) is 0.625. The van der Waals surface area contributed by atoms with Crippen LogP contribution >= 0.6 is 11.6 Å². The molecule has 0 aromatic rings. The summed E-state index contributed by atoms with van der Waals surface area (Å²) in [6, 6.07) is 0. The minimum Gasteiger partial charge on any atom is -0.375 e. The van der Waals surface area contributed by atoms with E-state index in [4.69, 9.17) is 11.6 Å². The van der Waals surface area contributed by atoms with Gasteiger partial charge in [-0.05, 0) is 0 Å². The van der Waals surface area contributed by atoms with Gasteiger partial charge in [-0.2, -0.15) is 0 Å². The van der Waals surface area contributed by atoms with Crippen molar-refractivity contribution in [3.05, 3.63) is 11.6 Å². The van der Waals surface area contributed by atoms with Crippen LogP contribution in [-0.2, 0) is 9.53 Å². The molecule has 1 N–H and O–H groups in total. The summed E-state index contributed by atoms with van der Waals surface area (Å²) < 4.78 is 27.6. The highest BCUT2D eigenvalue weighted by Crippen LogP contribution is 1.95. The van der Waals surface area contributed by atoms with Crippen LogP contribution in [0.3, 0.4) is 0 Å². The summed E-state index contributed by atoms with van der Waals surface area (Å²) in [6.45, 7) is 2.88. The molecular formula is C8H12ClF2NO2. The van der Waals surface area contributed by atoms with Crippen LogP contribution in [0.1, 0.15) is 6.42 Å². The van der Waals surface area contributed by atoms with Crippen LogP contribution in [0.4, 0.5) is 8.78 Å². The molecule has 0 saturated carbocycles. The molecule has 0 aliphatic rings. The van der Waals surface area contributed by atoms with E-state index in [0.717, 1.165) is 0 Å². The van der Waals surface area contributed by atoms with Gasteiger partial charge in [0, 0.05) is 11.5 Å². The topological polar surface area (TPSA) is 38.3 Å². The number of nitrogens with one attached hydrogen (secondary N) is 1. The van der Waals surface area contributed by atoms with E-state index in [1.165, 1.54) is 0 Å². The summed E-state index contributed by atoms with van der Waals surface area (Å²) in [5, 5.41) is 2.74. The second kappa shape index (κ2) is 7.70. The fourth-order valence-corrected chi connectivity index (χ4v) is 0.687. The Labute approximate surface area is 86.1 Å². The number of ether oxygens (including phenoxy) is 1. The number of amides is 1. The summed E-state index contributed by atoms with van der Waals surface area (Å²) >= 11 is 5.39. The lowest BCUT2D eigenvalue weighted by Gasteiger charge is -2.04. The average molecular weight is 228 g/mol. The molecule has 0 heterocycles. The van der Waals surface area contributed by atoms with Crippen molar-refractivity contribution < 1.29 is 18.3 Å². The van der Waals surface area contributed by atoms with E-state index in [2.05, 4.69) is 16.6 Å². The number of carbonyl (C=O) groups excluding carboxylic acids is 1. The van der Waals surface area contributed by atoms with Crippen molar-refractivity contribution >= 4 is 17.5 Å². The zero-order valence-electron chi connectivity index (χ0n) is 7.56. The molecule has 0 aromatic heterocycles. The molecule has 0 aliphatic carbocycles. The van der Waals surface area contributed by atoms with Crippen molar-refractivity contribution in [1.29, 1.82) is 0 Å². The van der Waals surface area contributed by atoms with E-state index in [-0.39, 0.29) is 25.5 Å². The lowest BCUT2D eigenvalue weighted by Crippen LogP contribution is -2.25. The Morgan fingerprint density at radius 3 is 2.71 bits per heavy atom. The maximum atomic E-state index is 11.6. The largest absolute Gasteiger partial charge is 0.375 e. The third-order valence-corrected chi connectivity index (χ3v) is 1.33. The molecule has 0 aliphatic heterocycles. The van der Waals surface area contributed by atoms with E-state index in [1.54, 1.807) is 0 Å². The number of hydrogen-bond donors (Lipinski definition) is 1. The van der Waals surface area contributed by atoms with E-state index < -0.39 is 13.0 Å². The molecule has 0 radical (unpaired) electrons. The smallest absolute Gasteiger partial charge is 0.261 e. The zero-order chi connectivity index (χ0) is 11.0. The molecule has 0 atom stereocenters. The quantitative estimate of drug-likeness (QED) is 0.670. The molecule has 82 valence electrons. The highest BCUT2D eigenvalue weighted by molar-refractivity contribution is 6.29. The molecule has 0 saturated heterocycles. The number of rotatable bonds is 7. The lowest BCUT2D eigenvalue weighted by molar-refractivity contribution is -0.122. The molecule has 0 rings (SSSR count). The first-order valence-electron chi connectivity index (χ1n) is 3.98. The third kappa shape index (κ3) is 9.41. The highest BCUT2D eigenvalue weighted by Gasteiger charge is 2.04. The molecular weight excluding hydrogens is 216 g/mol. The molecule has 1 amide bonds. The first-order chi connectivity index (χ1) is 6.52. The third-order valence-electron chi connectivity index (χ3n) is 1.19. The number of hydrogen-bond acceptors (Lipinski definition) is 2. The van der Waals surface area contributed by atoms with Crippen LogP contribution in [0.25, 0.3) is 0 Å². The van der Waals surface area contributed by atoms with Crippen molar-refractivity contribution in [3.8, 4) is 0 Å². The van der Waals surface area contributed by atoms with Crippen molar-refractivity contribution in [2.45, 2.75) is 12.8 Å². The molecule has 0 bridgehead atoms. The Morgan fingerprint density at radius 2 is 2.21 bits per heavy atom. The Morgan fingerprint density at radius 1 is 1.57 bits per heavy atom. The Kier molecular flexibility index (Phi) is 7.32. The molecule has 0 aromatic carbocycles. The van der Waals surface area contributed by atoms with Crippen LogP contribution in [0.15, 0.2) is 11.6 Å². The summed E-state index contributed by atoms with van der Waals surface area (Å²) in [5.74, 6) is -0.305. The van der Waals surface area contributed by atoms with Crippen molar-refractivity contribution in [3.63, 3.8) is 0 Å². The van der Waals surface area contributed by atoms with Gasteiger partial charge in [0.15, 0.2) is 0 Å². The predicted octanol–water partition coefficient (Wildman–Crippen LogP) is 1.53. The van der Waals surface area contributed by atoms with Crippen LogP contribution in [-0.4, -0.2) is 32.1 Å². The SMILES string of the molecule is C=C(Cl)CNC(=O)CCOCC(F)F. The fourth-order valence-electron chi connectivity index (χ4n) is 0.620. The van der Waals surface area contributed by atoms with E-state index in [1.807, 2.05) is 0 Å². The molecule has 14 heavy (non-hydrogen) atoms. The van der Waals surface area contributed by atoms with Gasteiger partial charge in [0.05, 0.1) is 13.2 Å². The minimum atomic E-state index is -2.50. The van der Waals surface area contributed by atoms with Gasteiger partial charge in [0.1, 0.15) is 6.61 Å². The molecule has 0 unspecified atom stereocenters.